The number of nitrogens with two attached hydrogens (primary N) is 1. The molecule has 1 fully saturated rings. The number of rotatable bonds is 3. The number of amides is 1. The lowest BCUT2D eigenvalue weighted by Crippen LogP contribution is -2.23. The van der Waals surface area contributed by atoms with Crippen molar-refractivity contribution in [2.75, 3.05) is 12.4 Å². The Labute approximate surface area is 113 Å². The van der Waals surface area contributed by atoms with Gasteiger partial charge in [0.2, 0.25) is 5.91 Å². The van der Waals surface area contributed by atoms with Gasteiger partial charge in [0.25, 0.3) is 0 Å². The predicted octanol–water partition coefficient (Wildman–Crippen LogP) is 2.18. The number of carbonyl (C=O) groups excluding carboxylic acids is 1. The van der Waals surface area contributed by atoms with E-state index in [4.69, 9.17) is 10.5 Å². The topological polar surface area (TPSA) is 64.3 Å². The van der Waals surface area contributed by atoms with Crippen molar-refractivity contribution < 1.29 is 9.53 Å². The average Bonchev–Trinajstić information content (AvgIpc) is 2.76. The summed E-state index contributed by atoms with van der Waals surface area (Å²) in [5.74, 6) is 0.855. The second kappa shape index (κ2) is 6.61. The molecule has 5 heteroatoms. The first-order valence-electron chi connectivity index (χ1n) is 5.89. The molecular formula is C13H19ClN2O2. The van der Waals surface area contributed by atoms with Crippen molar-refractivity contribution in [3.8, 4) is 5.75 Å². The average molecular weight is 271 g/mol. The highest BCUT2D eigenvalue weighted by atomic mass is 35.5. The van der Waals surface area contributed by atoms with Crippen LogP contribution in [0.1, 0.15) is 19.3 Å². The van der Waals surface area contributed by atoms with E-state index in [1.807, 2.05) is 24.3 Å². The molecule has 0 spiro atoms. The molecule has 4 nitrogen and oxygen atoms in total. The van der Waals surface area contributed by atoms with Crippen molar-refractivity contribution >= 4 is 24.0 Å². The number of halogens is 1. The smallest absolute Gasteiger partial charge is 0.227 e. The van der Waals surface area contributed by atoms with Crippen LogP contribution >= 0.6 is 12.4 Å². The summed E-state index contributed by atoms with van der Waals surface area (Å²) in [5.41, 5.74) is 6.57. The number of ether oxygens (including phenoxy) is 1. The molecule has 100 valence electrons. The lowest BCUT2D eigenvalue weighted by Gasteiger charge is -2.11. The summed E-state index contributed by atoms with van der Waals surface area (Å²) in [5, 5.41) is 2.90. The number of anilines is 1. The molecule has 0 aromatic heterocycles. The van der Waals surface area contributed by atoms with Crippen molar-refractivity contribution in [3.05, 3.63) is 24.3 Å². The molecule has 2 unspecified atom stereocenters. The summed E-state index contributed by atoms with van der Waals surface area (Å²) in [4.78, 5) is 12.0. The molecular weight excluding hydrogens is 252 g/mol. The molecule has 1 aromatic carbocycles. The molecule has 1 aromatic rings. The van der Waals surface area contributed by atoms with E-state index in [1.165, 1.54) is 0 Å². The number of methoxy groups -OCH3 is 1. The maximum atomic E-state index is 12.0. The van der Waals surface area contributed by atoms with Gasteiger partial charge in [0.15, 0.2) is 0 Å². The van der Waals surface area contributed by atoms with Crippen molar-refractivity contribution in [3.63, 3.8) is 0 Å². The summed E-state index contributed by atoms with van der Waals surface area (Å²) >= 11 is 0. The Morgan fingerprint density at radius 2 is 2.22 bits per heavy atom. The van der Waals surface area contributed by atoms with Crippen LogP contribution in [0.15, 0.2) is 24.3 Å². The number of nitrogens with one attached hydrogen (secondary N) is 1. The molecule has 1 amide bonds. The van der Waals surface area contributed by atoms with E-state index in [0.717, 1.165) is 30.7 Å². The highest BCUT2D eigenvalue weighted by Gasteiger charge is 2.27. The lowest BCUT2D eigenvalue weighted by atomic mass is 10.1. The van der Waals surface area contributed by atoms with E-state index in [9.17, 15) is 4.79 Å². The van der Waals surface area contributed by atoms with Crippen LogP contribution < -0.4 is 15.8 Å². The van der Waals surface area contributed by atoms with Crippen LogP contribution in [0.3, 0.4) is 0 Å². The van der Waals surface area contributed by atoms with Gasteiger partial charge in [0.05, 0.1) is 7.11 Å². The van der Waals surface area contributed by atoms with Crippen molar-refractivity contribution in [2.45, 2.75) is 25.3 Å². The second-order valence-electron chi connectivity index (χ2n) is 4.49. The Morgan fingerprint density at radius 1 is 1.44 bits per heavy atom. The molecule has 1 aliphatic carbocycles. The van der Waals surface area contributed by atoms with Crippen LogP contribution in [0.25, 0.3) is 0 Å². The number of hydrogen-bond acceptors (Lipinski definition) is 3. The zero-order valence-corrected chi connectivity index (χ0v) is 11.2. The van der Waals surface area contributed by atoms with Crippen LogP contribution in [0.5, 0.6) is 5.75 Å². The Kier molecular flexibility index (Phi) is 5.44. The van der Waals surface area contributed by atoms with E-state index < -0.39 is 0 Å². The van der Waals surface area contributed by atoms with E-state index in [1.54, 1.807) is 7.11 Å². The maximum absolute atomic E-state index is 12.0. The number of carbonyl (C=O) groups is 1. The van der Waals surface area contributed by atoms with Gasteiger partial charge >= 0.3 is 0 Å². The fourth-order valence-corrected chi connectivity index (χ4v) is 2.20. The Bertz CT molecular complexity index is 412. The normalized spacial score (nSPS) is 22.1. The van der Waals surface area contributed by atoms with E-state index in [0.29, 0.717) is 0 Å². The summed E-state index contributed by atoms with van der Waals surface area (Å²) in [6, 6.07) is 7.55. The SMILES string of the molecule is COc1cccc(NC(=O)C2CCC(N)C2)c1.Cl. The fourth-order valence-electron chi connectivity index (χ4n) is 2.20. The van der Waals surface area contributed by atoms with E-state index in [-0.39, 0.29) is 30.3 Å². The molecule has 0 bridgehead atoms. The second-order valence-corrected chi connectivity index (χ2v) is 4.49. The summed E-state index contributed by atoms with van der Waals surface area (Å²) in [7, 11) is 1.61. The Morgan fingerprint density at radius 3 is 2.83 bits per heavy atom. The van der Waals surface area contributed by atoms with Gasteiger partial charge in [-0.25, -0.2) is 0 Å². The predicted molar refractivity (Wildman–Crippen MR) is 74.2 cm³/mol. The molecule has 0 saturated heterocycles. The first-order valence-corrected chi connectivity index (χ1v) is 5.89. The summed E-state index contributed by atoms with van der Waals surface area (Å²) in [6.45, 7) is 0. The van der Waals surface area contributed by atoms with Gasteiger partial charge in [-0.05, 0) is 31.4 Å². The molecule has 2 atom stereocenters. The molecule has 1 saturated carbocycles. The van der Waals surface area contributed by atoms with Gasteiger partial charge in [-0.1, -0.05) is 6.07 Å². The highest BCUT2D eigenvalue weighted by molar-refractivity contribution is 5.92. The highest BCUT2D eigenvalue weighted by Crippen LogP contribution is 2.26. The third-order valence-electron chi connectivity index (χ3n) is 3.18. The molecule has 1 aliphatic rings. The van der Waals surface area contributed by atoms with Gasteiger partial charge in [-0.3, -0.25) is 4.79 Å². The van der Waals surface area contributed by atoms with E-state index >= 15 is 0 Å². The maximum Gasteiger partial charge on any atom is 0.227 e. The van der Waals surface area contributed by atoms with Crippen LogP contribution in [0.2, 0.25) is 0 Å². The van der Waals surface area contributed by atoms with Crippen LogP contribution in [0, 0.1) is 5.92 Å². The summed E-state index contributed by atoms with van der Waals surface area (Å²) < 4.78 is 5.11. The van der Waals surface area contributed by atoms with Gasteiger partial charge in [-0.2, -0.15) is 0 Å². The molecule has 3 N–H and O–H groups in total. The zero-order valence-electron chi connectivity index (χ0n) is 10.4. The first-order chi connectivity index (χ1) is 8.19. The van der Waals surface area contributed by atoms with Crippen LogP contribution in [0.4, 0.5) is 5.69 Å². The first kappa shape index (κ1) is 14.8. The Balaban J connectivity index is 0.00000162. The standard InChI is InChI=1S/C13H18N2O2.ClH/c1-17-12-4-2-3-11(8-12)15-13(16)9-5-6-10(14)7-9;/h2-4,8-10H,5-7,14H2,1H3,(H,15,16);1H. The molecule has 0 radical (unpaired) electrons. The minimum Gasteiger partial charge on any atom is -0.497 e. The minimum atomic E-state index is 0. The van der Waals surface area contributed by atoms with E-state index in [2.05, 4.69) is 5.32 Å². The van der Waals surface area contributed by atoms with Gasteiger partial charge in [-0.15, -0.1) is 12.4 Å². The minimum absolute atomic E-state index is 0. The number of benzene rings is 1. The fraction of sp³-hybridized carbons (Fsp3) is 0.462. The van der Waals surface area contributed by atoms with Crippen molar-refractivity contribution in [1.29, 1.82) is 0 Å². The van der Waals surface area contributed by atoms with Crippen molar-refractivity contribution in [2.24, 2.45) is 11.7 Å². The van der Waals surface area contributed by atoms with Gasteiger partial charge < -0.3 is 15.8 Å². The quantitative estimate of drug-likeness (QED) is 0.885. The molecule has 0 aliphatic heterocycles. The van der Waals surface area contributed by atoms with Crippen molar-refractivity contribution in [1.82, 2.24) is 0 Å². The zero-order chi connectivity index (χ0) is 12.3. The monoisotopic (exact) mass is 270 g/mol. The Hall–Kier alpha value is -1.26. The number of hydrogen-bond donors (Lipinski definition) is 2. The largest absolute Gasteiger partial charge is 0.497 e. The van der Waals surface area contributed by atoms with Crippen LogP contribution in [-0.2, 0) is 4.79 Å². The molecule has 0 heterocycles. The third kappa shape index (κ3) is 3.62. The third-order valence-corrected chi connectivity index (χ3v) is 3.18. The van der Waals surface area contributed by atoms with Gasteiger partial charge in [0.1, 0.15) is 5.75 Å². The lowest BCUT2D eigenvalue weighted by molar-refractivity contribution is -0.119. The van der Waals surface area contributed by atoms with Gasteiger partial charge in [0, 0.05) is 23.7 Å². The van der Waals surface area contributed by atoms with Crippen LogP contribution in [-0.4, -0.2) is 19.1 Å². The molecule has 2 rings (SSSR count). The summed E-state index contributed by atoms with van der Waals surface area (Å²) in [6.07, 6.45) is 2.61. The molecule has 18 heavy (non-hydrogen) atoms.